The highest BCUT2D eigenvalue weighted by molar-refractivity contribution is 5.71. The van der Waals surface area contributed by atoms with Gasteiger partial charge in [0.15, 0.2) is 0 Å². The summed E-state index contributed by atoms with van der Waals surface area (Å²) in [6.45, 7) is 6.10. The second-order valence-corrected chi connectivity index (χ2v) is 3.06. The maximum atomic E-state index is 11.0. The molecular weight excluding hydrogens is 164 g/mol. The molecule has 2 nitrogen and oxygen atoms in total. The van der Waals surface area contributed by atoms with E-state index in [2.05, 4.69) is 0 Å². The lowest BCUT2D eigenvalue weighted by Gasteiger charge is -2.04. The fourth-order valence-corrected chi connectivity index (χ4v) is 0.680. The van der Waals surface area contributed by atoms with E-state index in [1.54, 1.807) is 0 Å². The Labute approximate surface area is 80.3 Å². The highest BCUT2D eigenvalue weighted by atomic mass is 16.5. The van der Waals surface area contributed by atoms with Crippen LogP contribution in [0.3, 0.4) is 0 Å². The van der Waals surface area contributed by atoms with Crippen molar-refractivity contribution in [2.45, 2.75) is 27.2 Å². The summed E-state index contributed by atoms with van der Waals surface area (Å²) < 4.78 is 4.97. The zero-order valence-corrected chi connectivity index (χ0v) is 8.62. The molecule has 0 bridgehead atoms. The zero-order chi connectivity index (χ0) is 10.1. The van der Waals surface area contributed by atoms with Crippen LogP contribution in [0.1, 0.15) is 27.2 Å². The molecule has 0 aromatic rings. The van der Waals surface area contributed by atoms with Crippen LogP contribution in [0.15, 0.2) is 24.3 Å². The predicted octanol–water partition coefficient (Wildman–Crippen LogP) is 2.71. The number of hydrogen-bond donors (Lipinski definition) is 0. The summed E-state index contributed by atoms with van der Waals surface area (Å²) in [4.78, 5) is 11.0. The Bertz CT molecular complexity index is 190. The highest BCUT2D eigenvalue weighted by Crippen LogP contribution is 1.96. The van der Waals surface area contributed by atoms with Crippen LogP contribution in [0.4, 0.5) is 0 Å². The van der Waals surface area contributed by atoms with E-state index in [0.717, 1.165) is 6.42 Å². The Hall–Kier alpha value is -1.05. The average Bonchev–Trinajstić information content (AvgIpc) is 2.10. The molecule has 13 heavy (non-hydrogen) atoms. The van der Waals surface area contributed by atoms with Crippen molar-refractivity contribution in [1.82, 2.24) is 0 Å². The quantitative estimate of drug-likeness (QED) is 0.371. The lowest BCUT2D eigenvalue weighted by Crippen LogP contribution is -2.11. The lowest BCUT2D eigenvalue weighted by atomic mass is 10.2. The van der Waals surface area contributed by atoms with Gasteiger partial charge in [-0.05, 0) is 13.3 Å². The molecule has 0 rings (SSSR count). The first kappa shape index (κ1) is 11.9. The Morgan fingerprint density at radius 1 is 1.38 bits per heavy atom. The first-order valence-corrected chi connectivity index (χ1v) is 4.63. The fraction of sp³-hybridized carbons (Fsp3) is 0.545. The molecular formula is C11H18O2. The summed E-state index contributed by atoms with van der Waals surface area (Å²) in [7, 11) is 0. The van der Waals surface area contributed by atoms with E-state index in [1.165, 1.54) is 0 Å². The van der Waals surface area contributed by atoms with Crippen molar-refractivity contribution in [3.63, 3.8) is 0 Å². The van der Waals surface area contributed by atoms with E-state index in [4.69, 9.17) is 4.74 Å². The third-order valence-electron chi connectivity index (χ3n) is 1.44. The SMILES string of the molecule is CC=CC=CCCOC(=O)C(C)C. The molecule has 0 aliphatic heterocycles. The van der Waals surface area contributed by atoms with E-state index >= 15 is 0 Å². The van der Waals surface area contributed by atoms with Crippen molar-refractivity contribution in [3.8, 4) is 0 Å². The minimum Gasteiger partial charge on any atom is -0.465 e. The normalized spacial score (nSPS) is 11.7. The standard InChI is InChI=1S/C11H18O2/c1-4-5-6-7-8-9-13-11(12)10(2)3/h4-7,10H,8-9H2,1-3H3. The van der Waals surface area contributed by atoms with E-state index in [-0.39, 0.29) is 11.9 Å². The third kappa shape index (κ3) is 7.32. The van der Waals surface area contributed by atoms with Crippen molar-refractivity contribution < 1.29 is 9.53 Å². The Balaban J connectivity index is 3.41. The van der Waals surface area contributed by atoms with Gasteiger partial charge in [-0.3, -0.25) is 4.79 Å². The molecule has 0 atom stereocenters. The molecule has 0 heterocycles. The van der Waals surface area contributed by atoms with Gasteiger partial charge in [0.05, 0.1) is 12.5 Å². The van der Waals surface area contributed by atoms with Gasteiger partial charge >= 0.3 is 5.97 Å². The Morgan fingerprint density at radius 2 is 2.08 bits per heavy atom. The lowest BCUT2D eigenvalue weighted by molar-refractivity contribution is -0.147. The van der Waals surface area contributed by atoms with Crippen molar-refractivity contribution in [3.05, 3.63) is 24.3 Å². The van der Waals surface area contributed by atoms with E-state index < -0.39 is 0 Å². The van der Waals surface area contributed by atoms with Crippen molar-refractivity contribution in [1.29, 1.82) is 0 Å². The van der Waals surface area contributed by atoms with Gasteiger partial charge in [-0.15, -0.1) is 0 Å². The molecule has 0 amide bonds. The summed E-state index contributed by atoms with van der Waals surface area (Å²) in [6, 6.07) is 0. The summed E-state index contributed by atoms with van der Waals surface area (Å²) in [5.74, 6) is -0.154. The van der Waals surface area contributed by atoms with Crippen LogP contribution in [0.25, 0.3) is 0 Å². The van der Waals surface area contributed by atoms with Crippen molar-refractivity contribution >= 4 is 5.97 Å². The van der Waals surface area contributed by atoms with Gasteiger partial charge in [0, 0.05) is 0 Å². The molecule has 0 unspecified atom stereocenters. The molecule has 0 fully saturated rings. The molecule has 0 saturated heterocycles. The monoisotopic (exact) mass is 182 g/mol. The second kappa shape index (κ2) is 7.59. The molecule has 74 valence electrons. The summed E-state index contributed by atoms with van der Waals surface area (Å²) in [5, 5.41) is 0. The number of ether oxygens (including phenoxy) is 1. The number of hydrogen-bond acceptors (Lipinski definition) is 2. The van der Waals surface area contributed by atoms with Crippen LogP contribution in [0.2, 0.25) is 0 Å². The number of carbonyl (C=O) groups excluding carboxylic acids is 1. The smallest absolute Gasteiger partial charge is 0.308 e. The fourth-order valence-electron chi connectivity index (χ4n) is 0.680. The van der Waals surface area contributed by atoms with E-state index in [1.807, 2.05) is 45.1 Å². The van der Waals surface area contributed by atoms with Crippen LogP contribution in [0, 0.1) is 5.92 Å². The minimum absolute atomic E-state index is 0.0282. The van der Waals surface area contributed by atoms with Gasteiger partial charge in [-0.2, -0.15) is 0 Å². The first-order chi connectivity index (χ1) is 6.18. The molecule has 0 saturated carbocycles. The molecule has 0 aliphatic carbocycles. The van der Waals surface area contributed by atoms with Crippen molar-refractivity contribution in [2.75, 3.05) is 6.61 Å². The van der Waals surface area contributed by atoms with Crippen molar-refractivity contribution in [2.24, 2.45) is 5.92 Å². The number of esters is 1. The highest BCUT2D eigenvalue weighted by Gasteiger charge is 2.06. The molecule has 0 spiro atoms. The van der Waals surface area contributed by atoms with Gasteiger partial charge in [0.1, 0.15) is 0 Å². The van der Waals surface area contributed by atoms with E-state index in [0.29, 0.717) is 6.61 Å². The molecule has 2 heteroatoms. The molecule has 0 aromatic carbocycles. The average molecular weight is 182 g/mol. The Kier molecular flexibility index (Phi) is 6.98. The number of rotatable bonds is 5. The number of allylic oxidation sites excluding steroid dienone is 3. The van der Waals surface area contributed by atoms with Gasteiger partial charge < -0.3 is 4.74 Å². The molecule has 0 radical (unpaired) electrons. The number of carbonyl (C=O) groups is 1. The van der Waals surface area contributed by atoms with Gasteiger partial charge in [0.25, 0.3) is 0 Å². The van der Waals surface area contributed by atoms with Crippen LogP contribution in [-0.2, 0) is 9.53 Å². The Morgan fingerprint density at radius 3 is 2.62 bits per heavy atom. The minimum atomic E-state index is -0.126. The molecule has 0 aliphatic rings. The largest absolute Gasteiger partial charge is 0.465 e. The summed E-state index contributed by atoms with van der Waals surface area (Å²) in [5.41, 5.74) is 0. The van der Waals surface area contributed by atoms with Gasteiger partial charge in [-0.25, -0.2) is 0 Å². The summed E-state index contributed by atoms with van der Waals surface area (Å²) >= 11 is 0. The van der Waals surface area contributed by atoms with Gasteiger partial charge in [0.2, 0.25) is 0 Å². The van der Waals surface area contributed by atoms with Gasteiger partial charge in [-0.1, -0.05) is 38.2 Å². The van der Waals surface area contributed by atoms with E-state index in [9.17, 15) is 4.79 Å². The first-order valence-electron chi connectivity index (χ1n) is 4.63. The maximum absolute atomic E-state index is 11.0. The summed E-state index contributed by atoms with van der Waals surface area (Å²) in [6.07, 6.45) is 8.61. The topological polar surface area (TPSA) is 26.3 Å². The molecule has 0 aromatic heterocycles. The predicted molar refractivity (Wildman–Crippen MR) is 54.4 cm³/mol. The second-order valence-electron chi connectivity index (χ2n) is 3.06. The maximum Gasteiger partial charge on any atom is 0.308 e. The van der Waals surface area contributed by atoms with Crippen LogP contribution >= 0.6 is 0 Å². The van der Waals surface area contributed by atoms with Crippen LogP contribution in [-0.4, -0.2) is 12.6 Å². The molecule has 0 N–H and O–H groups in total. The van der Waals surface area contributed by atoms with Crippen LogP contribution < -0.4 is 0 Å². The zero-order valence-electron chi connectivity index (χ0n) is 8.62. The van der Waals surface area contributed by atoms with Crippen LogP contribution in [0.5, 0.6) is 0 Å². The third-order valence-corrected chi connectivity index (χ3v) is 1.44.